The molecule has 0 spiro atoms. The largest absolute Gasteiger partial charge is 0.394 e. The van der Waals surface area contributed by atoms with E-state index in [9.17, 15) is 18.4 Å². The summed E-state index contributed by atoms with van der Waals surface area (Å²) >= 11 is 0. The van der Waals surface area contributed by atoms with E-state index in [1.807, 2.05) is 20.8 Å². The van der Waals surface area contributed by atoms with Crippen LogP contribution in [0.2, 0.25) is 0 Å². The summed E-state index contributed by atoms with van der Waals surface area (Å²) in [6, 6.07) is 9.26. The van der Waals surface area contributed by atoms with Crippen molar-refractivity contribution in [1.29, 1.82) is 0 Å². The van der Waals surface area contributed by atoms with Gasteiger partial charge in [-0.3, -0.25) is 9.59 Å². The van der Waals surface area contributed by atoms with Gasteiger partial charge in [-0.25, -0.2) is 8.78 Å². The van der Waals surface area contributed by atoms with Gasteiger partial charge >= 0.3 is 0 Å². The average molecular weight is 645 g/mol. The number of nitrogens with one attached hydrogen (secondary N) is 3. The Hall–Kier alpha value is -3.86. The second-order valence-electron chi connectivity index (χ2n) is 10.8. The van der Waals surface area contributed by atoms with E-state index in [1.54, 1.807) is 52.3 Å². The van der Waals surface area contributed by atoms with Crippen molar-refractivity contribution in [3.05, 3.63) is 76.1 Å². The lowest BCUT2D eigenvalue weighted by molar-refractivity contribution is -0.118. The van der Waals surface area contributed by atoms with Gasteiger partial charge in [0.15, 0.2) is 11.6 Å². The number of anilines is 1. The van der Waals surface area contributed by atoms with Crippen LogP contribution in [0.3, 0.4) is 0 Å². The first-order valence-electron chi connectivity index (χ1n) is 15.4. The zero-order valence-electron chi connectivity index (χ0n) is 29.6. The molecule has 2 aromatic carbocycles. The summed E-state index contributed by atoms with van der Waals surface area (Å²) in [6.45, 7) is 17.1. The number of hydrogen-bond acceptors (Lipinski definition) is 5. The molecule has 0 aliphatic carbocycles. The van der Waals surface area contributed by atoms with Gasteiger partial charge in [0.25, 0.3) is 5.91 Å². The van der Waals surface area contributed by atoms with Crippen molar-refractivity contribution in [2.45, 2.75) is 67.9 Å². The van der Waals surface area contributed by atoms with Gasteiger partial charge in [0.2, 0.25) is 5.91 Å². The highest BCUT2D eigenvalue weighted by atomic mass is 19.2. The fourth-order valence-corrected chi connectivity index (χ4v) is 3.96. The first-order valence-corrected chi connectivity index (χ1v) is 15.4. The molecule has 0 saturated carbocycles. The third-order valence-electron chi connectivity index (χ3n) is 6.62. The molecule has 0 bridgehead atoms. The molecule has 256 valence electrons. The summed E-state index contributed by atoms with van der Waals surface area (Å²) in [7, 11) is 7.39. The van der Waals surface area contributed by atoms with E-state index >= 15 is 0 Å². The van der Waals surface area contributed by atoms with Crippen LogP contribution in [0, 0.1) is 25.5 Å². The molecule has 4 rings (SSSR count). The average Bonchev–Trinajstić information content (AvgIpc) is 3.48. The number of halogens is 2. The number of nitrogens with zero attached hydrogens (tertiary/aromatic N) is 1. The fraction of sp³-hybridized carbons (Fsp3) is 0.444. The quantitative estimate of drug-likeness (QED) is 0.224. The Labute approximate surface area is 274 Å². The second-order valence-corrected chi connectivity index (χ2v) is 10.8. The number of aliphatic hydroxyl groups excluding tert-OH is 1. The van der Waals surface area contributed by atoms with Crippen LogP contribution in [0.15, 0.2) is 36.4 Å². The zero-order valence-corrected chi connectivity index (χ0v) is 29.6. The number of carbonyl (C=O) groups excluding carboxylic acids is 2. The highest BCUT2D eigenvalue weighted by Crippen LogP contribution is 2.41. The van der Waals surface area contributed by atoms with Gasteiger partial charge in [-0.2, -0.15) is 0 Å². The van der Waals surface area contributed by atoms with Crippen LogP contribution in [-0.2, 0) is 20.7 Å². The minimum atomic E-state index is -0.922. The van der Waals surface area contributed by atoms with Gasteiger partial charge in [-0.1, -0.05) is 38.1 Å². The standard InChI is InChI=1S/C23H20F2N2O.C4H11N.C3H7NO.2C3H8O/c1-4-14-12(2)20(26-13(14)3)11-17-21-15(7-6-10-19(21)27-23(17)28)16-8-5-9-18(24)22(16)25;1-4-5(2)3;1-3(5)4-2;1-3-4-2;1-3(2)4/h5-11,26H,4H2,1-3H3,(H,27,28);4H2,1-3H3;1-2H3,(H,4,5);3H2,1-2H3;3-4H,1-2H3/b17-11-;;;;. The van der Waals surface area contributed by atoms with E-state index in [-0.39, 0.29) is 23.5 Å². The van der Waals surface area contributed by atoms with Crippen LogP contribution in [0.1, 0.15) is 69.6 Å². The predicted molar refractivity (Wildman–Crippen MR) is 187 cm³/mol. The SMILES string of the molecule is CC(C)O.CCN(C)C.CCOC.CCc1c(C)[nH]c(/C=C2\C(=O)Nc3cccc(-c4cccc(F)c4F)c32)c1C.CNC(C)=O. The molecule has 1 aromatic heterocycles. The van der Waals surface area contributed by atoms with Gasteiger partial charge in [0.05, 0.1) is 5.57 Å². The van der Waals surface area contributed by atoms with Gasteiger partial charge in [0, 0.05) is 62.0 Å². The third kappa shape index (κ3) is 13.6. The van der Waals surface area contributed by atoms with E-state index in [2.05, 4.69) is 53.2 Å². The Balaban J connectivity index is 0.000000927. The summed E-state index contributed by atoms with van der Waals surface area (Å²) < 4.78 is 32.8. The molecule has 2 heterocycles. The molecule has 0 fully saturated rings. The number of aromatic amines is 1. The minimum absolute atomic E-state index is 0.00463. The number of methoxy groups -OCH3 is 1. The molecule has 1 aliphatic heterocycles. The van der Waals surface area contributed by atoms with E-state index in [0.29, 0.717) is 22.4 Å². The molecule has 0 radical (unpaired) electrons. The van der Waals surface area contributed by atoms with Crippen LogP contribution in [0.25, 0.3) is 22.8 Å². The molecule has 0 saturated heterocycles. The first-order chi connectivity index (χ1) is 21.6. The van der Waals surface area contributed by atoms with Crippen LogP contribution in [0.5, 0.6) is 0 Å². The van der Waals surface area contributed by atoms with Crippen LogP contribution < -0.4 is 10.6 Å². The van der Waals surface area contributed by atoms with Crippen molar-refractivity contribution >= 4 is 29.2 Å². The van der Waals surface area contributed by atoms with E-state index < -0.39 is 11.6 Å². The molecule has 0 atom stereocenters. The van der Waals surface area contributed by atoms with Crippen molar-refractivity contribution < 1.29 is 28.2 Å². The van der Waals surface area contributed by atoms with Crippen LogP contribution in [0.4, 0.5) is 14.5 Å². The normalized spacial score (nSPS) is 12.0. The van der Waals surface area contributed by atoms with E-state index in [0.717, 1.165) is 42.6 Å². The van der Waals surface area contributed by atoms with Crippen molar-refractivity contribution in [2.24, 2.45) is 0 Å². The summed E-state index contributed by atoms with van der Waals surface area (Å²) in [6.07, 6.45) is 2.52. The smallest absolute Gasteiger partial charge is 0.256 e. The summed E-state index contributed by atoms with van der Waals surface area (Å²) in [5.41, 5.74) is 6.44. The number of aromatic nitrogens is 1. The maximum absolute atomic E-state index is 14.5. The van der Waals surface area contributed by atoms with Gasteiger partial charge in [-0.15, -0.1) is 0 Å². The molecule has 4 N–H and O–H groups in total. The number of ether oxygens (including phenoxy) is 1. The fourth-order valence-electron chi connectivity index (χ4n) is 3.96. The Kier molecular flexibility index (Phi) is 20.0. The lowest BCUT2D eigenvalue weighted by Gasteiger charge is -2.10. The van der Waals surface area contributed by atoms with Gasteiger partial charge < -0.3 is 30.4 Å². The van der Waals surface area contributed by atoms with Crippen molar-refractivity contribution in [1.82, 2.24) is 15.2 Å². The number of hydrogen-bond donors (Lipinski definition) is 4. The minimum Gasteiger partial charge on any atom is -0.394 e. The van der Waals surface area contributed by atoms with Crippen LogP contribution in [-0.4, -0.2) is 74.3 Å². The van der Waals surface area contributed by atoms with E-state index in [4.69, 9.17) is 5.11 Å². The Bertz CT molecular complexity index is 1410. The van der Waals surface area contributed by atoms with Gasteiger partial charge in [0.1, 0.15) is 0 Å². The number of aryl methyl sites for hydroxylation is 1. The summed E-state index contributed by atoms with van der Waals surface area (Å²) in [5.74, 6) is -2.09. The van der Waals surface area contributed by atoms with Crippen molar-refractivity contribution in [2.75, 3.05) is 46.7 Å². The molecule has 1 aliphatic rings. The molecule has 0 unspecified atom stereocenters. The Morgan fingerprint density at radius 1 is 1.07 bits per heavy atom. The maximum atomic E-state index is 14.5. The number of rotatable bonds is 5. The number of carbonyl (C=O) groups is 2. The Morgan fingerprint density at radius 3 is 2.00 bits per heavy atom. The second kappa shape index (κ2) is 21.8. The summed E-state index contributed by atoms with van der Waals surface area (Å²) in [4.78, 5) is 27.8. The lowest BCUT2D eigenvalue weighted by Crippen LogP contribution is -2.11. The molecule has 46 heavy (non-hydrogen) atoms. The highest BCUT2D eigenvalue weighted by molar-refractivity contribution is 6.36. The first kappa shape index (κ1) is 42.1. The number of aliphatic hydroxyl groups is 1. The van der Waals surface area contributed by atoms with E-state index in [1.165, 1.54) is 24.6 Å². The monoisotopic (exact) mass is 644 g/mol. The number of benzene rings is 2. The summed E-state index contributed by atoms with van der Waals surface area (Å²) in [5, 5.41) is 13.3. The van der Waals surface area contributed by atoms with Gasteiger partial charge in [-0.05, 0) is 96.6 Å². The van der Waals surface area contributed by atoms with Crippen LogP contribution >= 0.6 is 0 Å². The lowest BCUT2D eigenvalue weighted by atomic mass is 9.93. The molecule has 8 nitrogen and oxygen atoms in total. The highest BCUT2D eigenvalue weighted by Gasteiger charge is 2.29. The third-order valence-corrected chi connectivity index (χ3v) is 6.62. The van der Waals surface area contributed by atoms with Crippen molar-refractivity contribution in [3.63, 3.8) is 0 Å². The number of amides is 2. The molecule has 10 heteroatoms. The molecular formula is C36H54F2N4O4. The number of H-pyrrole nitrogens is 1. The Morgan fingerprint density at radius 2 is 1.57 bits per heavy atom. The molecule has 2 amide bonds. The topological polar surface area (TPSA) is 107 Å². The number of fused-ring (bicyclic) bond motifs is 1. The zero-order chi connectivity index (χ0) is 35.6. The molecular weight excluding hydrogens is 590 g/mol. The van der Waals surface area contributed by atoms with Crippen molar-refractivity contribution in [3.8, 4) is 11.1 Å². The maximum Gasteiger partial charge on any atom is 0.256 e. The molecule has 3 aromatic rings. The predicted octanol–water partition coefficient (Wildman–Crippen LogP) is 6.99.